The van der Waals surface area contributed by atoms with Crippen LogP contribution in [0.2, 0.25) is 0 Å². The van der Waals surface area contributed by atoms with Crippen LogP contribution in [0.15, 0.2) is 29.2 Å². The molecule has 0 saturated carbocycles. The van der Waals surface area contributed by atoms with Crippen molar-refractivity contribution in [1.29, 1.82) is 0 Å². The van der Waals surface area contributed by atoms with E-state index in [9.17, 15) is 13.2 Å². The summed E-state index contributed by atoms with van der Waals surface area (Å²) in [4.78, 5) is 11.6. The quantitative estimate of drug-likeness (QED) is 0.771. The lowest BCUT2D eigenvalue weighted by atomic mass is 9.82. The molecule has 2 rings (SSSR count). The average molecular weight is 344 g/mol. The van der Waals surface area contributed by atoms with Gasteiger partial charge in [-0.2, -0.15) is 4.31 Å². The number of nitrogens with zero attached hydrogens (tertiary/aromatic N) is 1. The zero-order valence-corrected chi connectivity index (χ0v) is 14.7. The molecule has 1 fully saturated rings. The van der Waals surface area contributed by atoms with Crippen LogP contribution in [-0.2, 0) is 20.2 Å². The van der Waals surface area contributed by atoms with Gasteiger partial charge in [0.2, 0.25) is 15.3 Å². The molecule has 122 valence electrons. The van der Waals surface area contributed by atoms with Gasteiger partial charge >= 0.3 is 0 Å². The molecule has 0 aromatic heterocycles. The molecule has 1 atom stereocenters. The Labute approximate surface area is 137 Å². The van der Waals surface area contributed by atoms with Crippen LogP contribution >= 0.6 is 11.6 Å². The van der Waals surface area contributed by atoms with Crippen LogP contribution in [0.3, 0.4) is 0 Å². The maximum atomic E-state index is 12.7. The molecule has 0 aliphatic carbocycles. The summed E-state index contributed by atoms with van der Waals surface area (Å²) in [6.45, 7) is 6.69. The molecule has 1 aliphatic rings. The van der Waals surface area contributed by atoms with Crippen molar-refractivity contribution in [2.45, 2.75) is 56.4 Å². The van der Waals surface area contributed by atoms with Crippen molar-refractivity contribution in [1.82, 2.24) is 4.31 Å². The predicted octanol–water partition coefficient (Wildman–Crippen LogP) is 3.29. The second kappa shape index (κ2) is 6.30. The van der Waals surface area contributed by atoms with Gasteiger partial charge in [-0.05, 0) is 54.0 Å². The fourth-order valence-corrected chi connectivity index (χ4v) is 4.61. The lowest BCUT2D eigenvalue weighted by molar-refractivity contribution is -0.114. The minimum atomic E-state index is -3.67. The maximum absolute atomic E-state index is 12.7. The third-order valence-electron chi connectivity index (χ3n) is 4.59. The third kappa shape index (κ3) is 3.21. The first-order valence-electron chi connectivity index (χ1n) is 7.52. The molecule has 0 bridgehead atoms. The molecule has 6 heteroatoms. The van der Waals surface area contributed by atoms with E-state index in [-0.39, 0.29) is 10.3 Å². The van der Waals surface area contributed by atoms with Crippen molar-refractivity contribution in [3.63, 3.8) is 0 Å². The molecule has 1 aliphatic heterocycles. The van der Waals surface area contributed by atoms with Crippen molar-refractivity contribution >= 4 is 26.9 Å². The Morgan fingerprint density at radius 1 is 1.32 bits per heavy atom. The second-order valence-electron chi connectivity index (χ2n) is 6.34. The highest BCUT2D eigenvalue weighted by molar-refractivity contribution is 7.89. The van der Waals surface area contributed by atoms with Gasteiger partial charge in [-0.25, -0.2) is 8.42 Å². The Morgan fingerprint density at radius 3 is 2.41 bits per heavy atom. The van der Waals surface area contributed by atoms with Crippen molar-refractivity contribution in [3.8, 4) is 0 Å². The molecule has 0 N–H and O–H groups in total. The number of hydrogen-bond donors (Lipinski definition) is 0. The minimum absolute atomic E-state index is 0.00454. The topological polar surface area (TPSA) is 54.5 Å². The van der Waals surface area contributed by atoms with Crippen molar-refractivity contribution < 1.29 is 13.2 Å². The van der Waals surface area contributed by atoms with Crippen LogP contribution in [0, 0.1) is 0 Å². The fraction of sp³-hybridized carbons (Fsp3) is 0.562. The van der Waals surface area contributed by atoms with E-state index in [0.717, 1.165) is 12.0 Å². The highest BCUT2D eigenvalue weighted by Gasteiger charge is 2.38. The Bertz CT molecular complexity index is 652. The van der Waals surface area contributed by atoms with Crippen molar-refractivity contribution in [2.24, 2.45) is 0 Å². The normalized spacial score (nSPS) is 20.3. The molecule has 0 unspecified atom stereocenters. The monoisotopic (exact) mass is 343 g/mol. The van der Waals surface area contributed by atoms with E-state index in [2.05, 4.69) is 20.8 Å². The zero-order valence-electron chi connectivity index (χ0n) is 13.2. The van der Waals surface area contributed by atoms with E-state index in [4.69, 9.17) is 11.6 Å². The van der Waals surface area contributed by atoms with Gasteiger partial charge in [-0.1, -0.05) is 32.9 Å². The van der Waals surface area contributed by atoms with Gasteiger partial charge in [-0.3, -0.25) is 4.79 Å². The molecule has 0 radical (unpaired) electrons. The van der Waals surface area contributed by atoms with E-state index in [1.165, 1.54) is 4.31 Å². The number of carbonyl (C=O) groups is 1. The van der Waals surface area contributed by atoms with Crippen molar-refractivity contribution in [2.75, 3.05) is 6.54 Å². The lowest BCUT2D eigenvalue weighted by Gasteiger charge is -2.24. The van der Waals surface area contributed by atoms with E-state index in [0.29, 0.717) is 19.4 Å². The Balaban J connectivity index is 2.33. The summed E-state index contributed by atoms with van der Waals surface area (Å²) in [6, 6.07) is 6.21. The number of hydrogen-bond acceptors (Lipinski definition) is 3. The third-order valence-corrected chi connectivity index (χ3v) is 6.77. The summed E-state index contributed by atoms with van der Waals surface area (Å²) in [7, 11) is -3.67. The van der Waals surface area contributed by atoms with Gasteiger partial charge in [-0.15, -0.1) is 0 Å². The summed E-state index contributed by atoms with van der Waals surface area (Å²) in [5, 5.41) is -0.607. The van der Waals surface area contributed by atoms with E-state index in [1.807, 2.05) is 12.1 Å². The van der Waals surface area contributed by atoms with E-state index >= 15 is 0 Å². The van der Waals surface area contributed by atoms with Gasteiger partial charge in [0.1, 0.15) is 0 Å². The molecular weight excluding hydrogens is 322 g/mol. The van der Waals surface area contributed by atoms with Gasteiger partial charge in [0.25, 0.3) is 0 Å². The molecule has 1 heterocycles. The first-order valence-corrected chi connectivity index (χ1v) is 9.33. The Kier molecular flexibility index (Phi) is 5.00. The van der Waals surface area contributed by atoms with Gasteiger partial charge < -0.3 is 0 Å². The standard InChI is InChI=1S/C16H22ClNO3S/c1-4-16(2,3)12-7-9-13(10-8-12)22(20,21)18-11-5-6-14(18)15(17)19/h7-10,14H,4-6,11H2,1-3H3/t14-/m0/s1. The Morgan fingerprint density at radius 2 is 1.91 bits per heavy atom. The lowest BCUT2D eigenvalue weighted by Crippen LogP contribution is -2.38. The van der Waals surface area contributed by atoms with Crippen LogP contribution in [0.5, 0.6) is 0 Å². The molecular formula is C16H22ClNO3S. The summed E-state index contributed by atoms with van der Waals surface area (Å²) in [5.41, 5.74) is 1.10. The van der Waals surface area contributed by atoms with Crippen LogP contribution in [0.4, 0.5) is 0 Å². The van der Waals surface area contributed by atoms with Gasteiger partial charge in [0.05, 0.1) is 10.9 Å². The van der Waals surface area contributed by atoms with Crippen molar-refractivity contribution in [3.05, 3.63) is 29.8 Å². The highest BCUT2D eigenvalue weighted by atomic mass is 35.5. The molecule has 1 aromatic rings. The molecule has 4 nitrogen and oxygen atoms in total. The highest BCUT2D eigenvalue weighted by Crippen LogP contribution is 2.30. The maximum Gasteiger partial charge on any atom is 0.243 e. The van der Waals surface area contributed by atoms with Gasteiger partial charge in [0.15, 0.2) is 0 Å². The first-order chi connectivity index (χ1) is 10.2. The first kappa shape index (κ1) is 17.4. The van der Waals surface area contributed by atoms with Gasteiger partial charge in [0, 0.05) is 6.54 Å². The molecule has 0 spiro atoms. The summed E-state index contributed by atoms with van der Waals surface area (Å²) in [6.07, 6.45) is 2.11. The number of benzene rings is 1. The Hall–Kier alpha value is -0.910. The second-order valence-corrected chi connectivity index (χ2v) is 8.60. The summed E-state index contributed by atoms with van der Waals surface area (Å²) < 4.78 is 26.6. The number of carbonyl (C=O) groups excluding carboxylic acids is 1. The average Bonchev–Trinajstić information content (AvgIpc) is 2.98. The molecule has 22 heavy (non-hydrogen) atoms. The van der Waals surface area contributed by atoms with Crippen LogP contribution < -0.4 is 0 Å². The van der Waals surface area contributed by atoms with Crippen LogP contribution in [-0.4, -0.2) is 30.6 Å². The number of rotatable bonds is 5. The molecule has 0 amide bonds. The van der Waals surface area contributed by atoms with E-state index in [1.54, 1.807) is 12.1 Å². The van der Waals surface area contributed by atoms with Crippen LogP contribution in [0.1, 0.15) is 45.6 Å². The minimum Gasteiger partial charge on any atom is -0.279 e. The summed E-state index contributed by atoms with van der Waals surface area (Å²) in [5.74, 6) is 0. The number of sulfonamides is 1. The SMILES string of the molecule is CCC(C)(C)c1ccc(S(=O)(=O)N2CCC[C@H]2C(=O)Cl)cc1. The van der Waals surface area contributed by atoms with Crippen LogP contribution in [0.25, 0.3) is 0 Å². The number of halogens is 1. The van der Waals surface area contributed by atoms with E-state index < -0.39 is 21.3 Å². The predicted molar refractivity (Wildman–Crippen MR) is 87.5 cm³/mol. The zero-order chi connectivity index (χ0) is 16.5. The largest absolute Gasteiger partial charge is 0.279 e. The molecule has 1 aromatic carbocycles. The smallest absolute Gasteiger partial charge is 0.243 e. The summed E-state index contributed by atoms with van der Waals surface area (Å²) >= 11 is 5.53. The molecule has 1 saturated heterocycles. The fourth-order valence-electron chi connectivity index (χ4n) is 2.67.